The lowest BCUT2D eigenvalue weighted by molar-refractivity contribution is 0.961. The third-order valence-electron chi connectivity index (χ3n) is 3.69. The highest BCUT2D eigenvalue weighted by molar-refractivity contribution is 5.74. The number of para-hydroxylation sites is 1. The summed E-state index contributed by atoms with van der Waals surface area (Å²) in [6.07, 6.45) is 1.13. The molecule has 1 fully saturated rings. The highest BCUT2D eigenvalue weighted by atomic mass is 15.3. The van der Waals surface area contributed by atoms with Gasteiger partial charge < -0.3 is 5.32 Å². The van der Waals surface area contributed by atoms with Gasteiger partial charge >= 0.3 is 0 Å². The van der Waals surface area contributed by atoms with Gasteiger partial charge in [0, 0.05) is 12.0 Å². The molecule has 4 heteroatoms. The average molecular weight is 262 g/mol. The Bertz CT molecular complexity index is 742. The Morgan fingerprint density at radius 3 is 2.45 bits per heavy atom. The van der Waals surface area contributed by atoms with E-state index >= 15 is 0 Å². The minimum atomic E-state index is 0.417. The number of anilines is 1. The fraction of sp³-hybridized carbons (Fsp3) is 0.188. The van der Waals surface area contributed by atoms with Gasteiger partial charge in [0.25, 0.3) is 0 Å². The first-order chi connectivity index (χ1) is 9.90. The summed E-state index contributed by atoms with van der Waals surface area (Å²) < 4.78 is 0. The SMILES string of the molecule is c1ccc(C2CC2Nc2nnc3ccccc3n2)cc1. The fourth-order valence-electron chi connectivity index (χ4n) is 2.53. The molecule has 4 nitrogen and oxygen atoms in total. The lowest BCUT2D eigenvalue weighted by Gasteiger charge is -2.04. The molecule has 4 rings (SSSR count). The second kappa shape index (κ2) is 4.56. The van der Waals surface area contributed by atoms with Crippen LogP contribution >= 0.6 is 0 Å². The molecule has 2 aromatic carbocycles. The Kier molecular flexibility index (Phi) is 2.59. The monoisotopic (exact) mass is 262 g/mol. The summed E-state index contributed by atoms with van der Waals surface area (Å²) in [5.41, 5.74) is 3.08. The van der Waals surface area contributed by atoms with E-state index in [0.29, 0.717) is 17.9 Å². The second-order valence-corrected chi connectivity index (χ2v) is 5.13. The summed E-state index contributed by atoms with van der Waals surface area (Å²) in [7, 11) is 0. The summed E-state index contributed by atoms with van der Waals surface area (Å²) in [5, 5.41) is 11.7. The molecule has 3 aromatic rings. The number of nitrogens with zero attached hydrogens (tertiary/aromatic N) is 3. The van der Waals surface area contributed by atoms with E-state index < -0.39 is 0 Å². The van der Waals surface area contributed by atoms with Crippen LogP contribution in [0.5, 0.6) is 0 Å². The standard InChI is InChI=1S/C16H14N4/c1-2-6-11(7-3-1)12-10-15(12)18-16-17-13-8-4-5-9-14(13)19-20-16/h1-9,12,15H,10H2,(H,17,18,20). The van der Waals surface area contributed by atoms with Crippen LogP contribution in [-0.4, -0.2) is 21.2 Å². The van der Waals surface area contributed by atoms with E-state index in [1.165, 1.54) is 5.56 Å². The van der Waals surface area contributed by atoms with Crippen molar-refractivity contribution in [2.75, 3.05) is 5.32 Å². The van der Waals surface area contributed by atoms with Crippen molar-refractivity contribution in [1.82, 2.24) is 15.2 Å². The number of benzene rings is 2. The molecule has 1 saturated carbocycles. The Balaban J connectivity index is 1.52. The average Bonchev–Trinajstić information content (AvgIpc) is 3.27. The van der Waals surface area contributed by atoms with Gasteiger partial charge in [0.05, 0.1) is 5.52 Å². The van der Waals surface area contributed by atoms with Crippen LogP contribution in [0.4, 0.5) is 5.95 Å². The molecule has 0 amide bonds. The molecule has 0 spiro atoms. The normalized spacial score (nSPS) is 20.8. The van der Waals surface area contributed by atoms with Crippen molar-refractivity contribution in [2.24, 2.45) is 0 Å². The first kappa shape index (κ1) is 11.3. The lowest BCUT2D eigenvalue weighted by atomic mass is 10.1. The zero-order valence-electron chi connectivity index (χ0n) is 10.9. The number of rotatable bonds is 3. The van der Waals surface area contributed by atoms with Gasteiger partial charge in [-0.05, 0) is 24.1 Å². The van der Waals surface area contributed by atoms with Crippen molar-refractivity contribution in [3.05, 3.63) is 60.2 Å². The Hall–Kier alpha value is -2.49. The third-order valence-corrected chi connectivity index (χ3v) is 3.69. The smallest absolute Gasteiger partial charge is 0.243 e. The van der Waals surface area contributed by atoms with Crippen LogP contribution in [0.1, 0.15) is 17.9 Å². The molecule has 0 aliphatic heterocycles. The van der Waals surface area contributed by atoms with E-state index in [2.05, 4.69) is 44.8 Å². The molecule has 1 N–H and O–H groups in total. The fourth-order valence-corrected chi connectivity index (χ4v) is 2.53. The van der Waals surface area contributed by atoms with Crippen molar-refractivity contribution < 1.29 is 0 Å². The molecule has 0 saturated heterocycles. The zero-order valence-corrected chi connectivity index (χ0v) is 10.9. The zero-order chi connectivity index (χ0) is 13.4. The topological polar surface area (TPSA) is 50.7 Å². The molecule has 1 aliphatic carbocycles. The number of aromatic nitrogens is 3. The van der Waals surface area contributed by atoms with Gasteiger partial charge in [-0.15, -0.1) is 10.2 Å². The third kappa shape index (κ3) is 2.09. The predicted octanol–water partition coefficient (Wildman–Crippen LogP) is 2.99. The number of nitrogens with one attached hydrogen (secondary N) is 1. The van der Waals surface area contributed by atoms with Gasteiger partial charge in [-0.1, -0.05) is 42.5 Å². The van der Waals surface area contributed by atoms with Crippen molar-refractivity contribution in [3.63, 3.8) is 0 Å². The number of hydrogen-bond acceptors (Lipinski definition) is 4. The number of hydrogen-bond donors (Lipinski definition) is 1. The van der Waals surface area contributed by atoms with Crippen molar-refractivity contribution >= 4 is 17.0 Å². The predicted molar refractivity (Wildman–Crippen MR) is 78.5 cm³/mol. The molecule has 0 bridgehead atoms. The van der Waals surface area contributed by atoms with Gasteiger partial charge in [0.2, 0.25) is 5.95 Å². The molecule has 2 unspecified atom stereocenters. The van der Waals surface area contributed by atoms with Crippen LogP contribution in [0.3, 0.4) is 0 Å². The molecule has 1 heterocycles. The molecular formula is C16H14N4. The summed E-state index contributed by atoms with van der Waals surface area (Å²) in [4.78, 5) is 4.50. The van der Waals surface area contributed by atoms with Crippen LogP contribution in [0.2, 0.25) is 0 Å². The van der Waals surface area contributed by atoms with Gasteiger partial charge in [0.15, 0.2) is 0 Å². The van der Waals surface area contributed by atoms with E-state index in [4.69, 9.17) is 0 Å². The molecule has 1 aromatic heterocycles. The van der Waals surface area contributed by atoms with Gasteiger partial charge in [0.1, 0.15) is 5.52 Å². The first-order valence-electron chi connectivity index (χ1n) is 6.81. The van der Waals surface area contributed by atoms with Crippen molar-refractivity contribution in [2.45, 2.75) is 18.4 Å². The molecule has 98 valence electrons. The maximum absolute atomic E-state index is 4.50. The molecular weight excluding hydrogens is 248 g/mol. The quantitative estimate of drug-likeness (QED) is 0.788. The molecule has 1 aliphatic rings. The highest BCUT2D eigenvalue weighted by Gasteiger charge is 2.38. The Labute approximate surface area is 116 Å². The van der Waals surface area contributed by atoms with Gasteiger partial charge in [-0.2, -0.15) is 0 Å². The molecule has 20 heavy (non-hydrogen) atoms. The second-order valence-electron chi connectivity index (χ2n) is 5.13. The largest absolute Gasteiger partial charge is 0.350 e. The van der Waals surface area contributed by atoms with Gasteiger partial charge in [-0.25, -0.2) is 4.98 Å². The van der Waals surface area contributed by atoms with Crippen molar-refractivity contribution in [3.8, 4) is 0 Å². The molecule has 2 atom stereocenters. The van der Waals surface area contributed by atoms with Gasteiger partial charge in [-0.3, -0.25) is 0 Å². The number of fused-ring (bicyclic) bond motifs is 1. The summed E-state index contributed by atoms with van der Waals surface area (Å²) in [6.45, 7) is 0. The maximum Gasteiger partial charge on any atom is 0.243 e. The van der Waals surface area contributed by atoms with E-state index in [-0.39, 0.29) is 0 Å². The van der Waals surface area contributed by atoms with E-state index in [1.807, 2.05) is 30.3 Å². The first-order valence-corrected chi connectivity index (χ1v) is 6.81. The summed E-state index contributed by atoms with van der Waals surface area (Å²) in [5.74, 6) is 1.18. The van der Waals surface area contributed by atoms with Crippen LogP contribution in [0.15, 0.2) is 54.6 Å². The van der Waals surface area contributed by atoms with E-state index in [1.54, 1.807) is 0 Å². The van der Waals surface area contributed by atoms with E-state index in [9.17, 15) is 0 Å². The van der Waals surface area contributed by atoms with Crippen molar-refractivity contribution in [1.29, 1.82) is 0 Å². The van der Waals surface area contributed by atoms with Crippen LogP contribution < -0.4 is 5.32 Å². The minimum Gasteiger partial charge on any atom is -0.350 e. The highest BCUT2D eigenvalue weighted by Crippen LogP contribution is 2.42. The maximum atomic E-state index is 4.50. The van der Waals surface area contributed by atoms with Crippen LogP contribution in [-0.2, 0) is 0 Å². The molecule has 0 radical (unpaired) electrons. The van der Waals surface area contributed by atoms with Crippen LogP contribution in [0.25, 0.3) is 11.0 Å². The summed E-state index contributed by atoms with van der Waals surface area (Å²) >= 11 is 0. The minimum absolute atomic E-state index is 0.417. The Morgan fingerprint density at radius 2 is 1.60 bits per heavy atom. The Morgan fingerprint density at radius 1 is 0.850 bits per heavy atom. The van der Waals surface area contributed by atoms with Crippen LogP contribution in [0, 0.1) is 0 Å². The lowest BCUT2D eigenvalue weighted by Crippen LogP contribution is -2.08. The van der Waals surface area contributed by atoms with E-state index in [0.717, 1.165) is 17.5 Å². The summed E-state index contributed by atoms with van der Waals surface area (Å²) in [6, 6.07) is 18.8.